The highest BCUT2D eigenvalue weighted by Crippen LogP contribution is 2.25. The normalized spacial score (nSPS) is 14.5. The van der Waals surface area contributed by atoms with Crippen molar-refractivity contribution in [1.82, 2.24) is 9.47 Å². The minimum atomic E-state index is -0.246. The van der Waals surface area contributed by atoms with Gasteiger partial charge in [-0.05, 0) is 67.3 Å². The van der Waals surface area contributed by atoms with Crippen LogP contribution in [0.1, 0.15) is 39.3 Å². The molecular weight excluding hydrogens is 391 g/mol. The number of nitrogens with zero attached hydrogens (tertiary/aromatic N) is 2. The van der Waals surface area contributed by atoms with Crippen LogP contribution in [-0.2, 0) is 6.54 Å². The number of aromatic hydroxyl groups is 1. The molecular formula is C26H27FN2O2. The molecule has 4 nitrogen and oxygen atoms in total. The number of carbonyl (C=O) groups excluding carboxylic acids is 1. The van der Waals surface area contributed by atoms with Crippen molar-refractivity contribution in [1.29, 1.82) is 0 Å². The molecule has 0 spiro atoms. The minimum Gasteiger partial charge on any atom is -0.508 e. The predicted molar refractivity (Wildman–Crippen MR) is 121 cm³/mol. The quantitative estimate of drug-likeness (QED) is 0.575. The second-order valence-corrected chi connectivity index (χ2v) is 8.18. The summed E-state index contributed by atoms with van der Waals surface area (Å²) >= 11 is 0. The van der Waals surface area contributed by atoms with Crippen LogP contribution in [0.25, 0.3) is 5.57 Å². The van der Waals surface area contributed by atoms with E-state index in [-0.39, 0.29) is 17.3 Å². The second-order valence-electron chi connectivity index (χ2n) is 8.18. The number of rotatable bonds is 6. The number of benzene rings is 2. The van der Waals surface area contributed by atoms with Crippen LogP contribution in [0.4, 0.5) is 4.39 Å². The number of phenols is 1. The number of hydrogen-bond acceptors (Lipinski definition) is 3. The average molecular weight is 419 g/mol. The molecule has 1 N–H and O–H groups in total. The SMILES string of the molecule is Cc1cc(C(=O)CN2CC=C(c3ccc(O)cc3)CC2)c(C)n1Cc1ccc(F)cc1. The molecule has 0 saturated heterocycles. The van der Waals surface area contributed by atoms with Gasteiger partial charge >= 0.3 is 0 Å². The summed E-state index contributed by atoms with van der Waals surface area (Å²) in [5.74, 6) is 0.147. The van der Waals surface area contributed by atoms with Gasteiger partial charge in [0.15, 0.2) is 5.78 Å². The maximum Gasteiger partial charge on any atom is 0.178 e. The summed E-state index contributed by atoms with van der Waals surface area (Å²) in [5.41, 5.74) is 6.11. The van der Waals surface area contributed by atoms with Gasteiger partial charge < -0.3 is 9.67 Å². The van der Waals surface area contributed by atoms with Gasteiger partial charge in [-0.1, -0.05) is 30.3 Å². The Labute approximate surface area is 182 Å². The van der Waals surface area contributed by atoms with Crippen LogP contribution in [0.3, 0.4) is 0 Å². The lowest BCUT2D eigenvalue weighted by Crippen LogP contribution is -2.33. The third-order valence-corrected chi connectivity index (χ3v) is 6.03. The fourth-order valence-corrected chi connectivity index (χ4v) is 4.18. The van der Waals surface area contributed by atoms with Crippen LogP contribution in [0, 0.1) is 19.7 Å². The summed E-state index contributed by atoms with van der Waals surface area (Å²) in [5, 5.41) is 9.46. The predicted octanol–water partition coefficient (Wildman–Crippen LogP) is 4.97. The van der Waals surface area contributed by atoms with E-state index in [4.69, 9.17) is 0 Å². The van der Waals surface area contributed by atoms with Crippen LogP contribution in [0.2, 0.25) is 0 Å². The zero-order chi connectivity index (χ0) is 22.0. The van der Waals surface area contributed by atoms with Gasteiger partial charge in [-0.2, -0.15) is 0 Å². The summed E-state index contributed by atoms with van der Waals surface area (Å²) in [6.45, 7) is 6.54. The number of hydrogen-bond donors (Lipinski definition) is 1. The maximum absolute atomic E-state index is 13.2. The van der Waals surface area contributed by atoms with E-state index in [1.807, 2.05) is 32.0 Å². The molecule has 160 valence electrons. The van der Waals surface area contributed by atoms with E-state index >= 15 is 0 Å². The molecule has 0 saturated carbocycles. The Bertz CT molecular complexity index is 1110. The fraction of sp³-hybridized carbons (Fsp3) is 0.269. The van der Waals surface area contributed by atoms with E-state index in [2.05, 4.69) is 15.5 Å². The van der Waals surface area contributed by atoms with Crippen LogP contribution in [0.5, 0.6) is 5.75 Å². The first-order valence-electron chi connectivity index (χ1n) is 10.6. The Morgan fingerprint density at radius 1 is 1.06 bits per heavy atom. The van der Waals surface area contributed by atoms with E-state index in [0.717, 1.165) is 47.6 Å². The number of ketones is 1. The highest BCUT2D eigenvalue weighted by molar-refractivity contribution is 5.99. The van der Waals surface area contributed by atoms with Crippen LogP contribution in [0.15, 0.2) is 60.7 Å². The monoisotopic (exact) mass is 418 g/mol. The van der Waals surface area contributed by atoms with Gasteiger partial charge in [-0.15, -0.1) is 0 Å². The molecule has 2 aromatic carbocycles. The molecule has 2 heterocycles. The van der Waals surface area contributed by atoms with Gasteiger partial charge in [-0.25, -0.2) is 4.39 Å². The van der Waals surface area contributed by atoms with Crippen molar-refractivity contribution in [3.05, 3.63) is 94.6 Å². The van der Waals surface area contributed by atoms with E-state index in [1.54, 1.807) is 24.3 Å². The molecule has 0 aliphatic carbocycles. The number of halogens is 1. The van der Waals surface area contributed by atoms with Gasteiger partial charge in [0.05, 0.1) is 6.54 Å². The summed E-state index contributed by atoms with van der Waals surface area (Å²) < 4.78 is 15.3. The number of phenolic OH excluding ortho intramolecular Hbond substituents is 1. The van der Waals surface area contributed by atoms with Crippen LogP contribution < -0.4 is 0 Å². The molecule has 4 rings (SSSR count). The highest BCUT2D eigenvalue weighted by atomic mass is 19.1. The Kier molecular flexibility index (Phi) is 6.05. The summed E-state index contributed by atoms with van der Waals surface area (Å²) in [6, 6.07) is 15.7. The van der Waals surface area contributed by atoms with Crippen molar-refractivity contribution in [2.45, 2.75) is 26.8 Å². The Hall–Kier alpha value is -3.18. The Morgan fingerprint density at radius 2 is 1.77 bits per heavy atom. The topological polar surface area (TPSA) is 45.5 Å². The third kappa shape index (κ3) is 4.78. The first-order valence-corrected chi connectivity index (χ1v) is 10.6. The summed E-state index contributed by atoms with van der Waals surface area (Å²) in [6.07, 6.45) is 3.04. The average Bonchev–Trinajstić information content (AvgIpc) is 3.05. The molecule has 1 aromatic heterocycles. The van der Waals surface area contributed by atoms with Crippen LogP contribution >= 0.6 is 0 Å². The van der Waals surface area contributed by atoms with Gasteiger partial charge in [0.2, 0.25) is 0 Å². The van der Waals surface area contributed by atoms with Gasteiger partial charge in [0, 0.05) is 36.6 Å². The molecule has 0 unspecified atom stereocenters. The minimum absolute atomic E-state index is 0.125. The van der Waals surface area contributed by atoms with Crippen molar-refractivity contribution >= 4 is 11.4 Å². The van der Waals surface area contributed by atoms with Crippen molar-refractivity contribution in [2.24, 2.45) is 0 Å². The highest BCUT2D eigenvalue weighted by Gasteiger charge is 2.20. The lowest BCUT2D eigenvalue weighted by Gasteiger charge is -2.25. The molecule has 1 aliphatic heterocycles. The van der Waals surface area contributed by atoms with E-state index in [0.29, 0.717) is 13.1 Å². The molecule has 0 radical (unpaired) electrons. The van der Waals surface area contributed by atoms with Crippen molar-refractivity contribution in [3.63, 3.8) is 0 Å². The molecule has 5 heteroatoms. The van der Waals surface area contributed by atoms with E-state index in [9.17, 15) is 14.3 Å². The van der Waals surface area contributed by atoms with Gasteiger partial charge in [0.1, 0.15) is 11.6 Å². The summed E-state index contributed by atoms with van der Waals surface area (Å²) in [7, 11) is 0. The Balaban J connectivity index is 1.42. The number of aromatic nitrogens is 1. The summed E-state index contributed by atoms with van der Waals surface area (Å²) in [4.78, 5) is 15.2. The molecule has 1 aliphatic rings. The fourth-order valence-electron chi connectivity index (χ4n) is 4.18. The Morgan fingerprint density at radius 3 is 2.42 bits per heavy atom. The number of carbonyl (C=O) groups is 1. The standard InChI is InChI=1S/C26H27FN2O2/c1-18-15-25(19(2)29(18)16-20-3-7-23(27)8-4-20)26(31)17-28-13-11-22(12-14-28)21-5-9-24(30)10-6-21/h3-11,15,30H,12-14,16-17H2,1-2H3. The molecule has 0 amide bonds. The largest absolute Gasteiger partial charge is 0.508 e. The maximum atomic E-state index is 13.2. The van der Waals surface area contributed by atoms with Gasteiger partial charge in [0.25, 0.3) is 0 Å². The number of Topliss-reactive ketones (excluding diaryl/α,β-unsaturated/α-hetero) is 1. The van der Waals surface area contributed by atoms with Crippen molar-refractivity contribution in [3.8, 4) is 5.75 Å². The van der Waals surface area contributed by atoms with Crippen molar-refractivity contribution in [2.75, 3.05) is 19.6 Å². The zero-order valence-corrected chi connectivity index (χ0v) is 17.9. The first kappa shape index (κ1) is 21.1. The zero-order valence-electron chi connectivity index (χ0n) is 17.9. The molecule has 0 bridgehead atoms. The lowest BCUT2D eigenvalue weighted by atomic mass is 9.99. The lowest BCUT2D eigenvalue weighted by molar-refractivity contribution is 0.0937. The molecule has 0 atom stereocenters. The first-order chi connectivity index (χ1) is 14.9. The molecule has 3 aromatic rings. The molecule has 31 heavy (non-hydrogen) atoms. The van der Waals surface area contributed by atoms with E-state index in [1.165, 1.54) is 17.7 Å². The number of aryl methyl sites for hydroxylation is 1. The third-order valence-electron chi connectivity index (χ3n) is 6.03. The van der Waals surface area contributed by atoms with Gasteiger partial charge in [-0.3, -0.25) is 9.69 Å². The second kappa shape index (κ2) is 8.90. The van der Waals surface area contributed by atoms with E-state index < -0.39 is 0 Å². The molecule has 0 fully saturated rings. The smallest absolute Gasteiger partial charge is 0.178 e. The van der Waals surface area contributed by atoms with Crippen LogP contribution in [-0.4, -0.2) is 40.0 Å². The van der Waals surface area contributed by atoms with Crippen molar-refractivity contribution < 1.29 is 14.3 Å².